The first kappa shape index (κ1) is 12.7. The van der Waals surface area contributed by atoms with E-state index in [4.69, 9.17) is 11.5 Å². The van der Waals surface area contributed by atoms with E-state index >= 15 is 0 Å². The first-order chi connectivity index (χ1) is 8.49. The van der Waals surface area contributed by atoms with Crippen LogP contribution in [0.2, 0.25) is 0 Å². The molecule has 1 aliphatic heterocycles. The quantitative estimate of drug-likeness (QED) is 0.785. The van der Waals surface area contributed by atoms with Gasteiger partial charge in [0.2, 0.25) is 5.91 Å². The molecule has 2 rings (SSSR count). The van der Waals surface area contributed by atoms with Gasteiger partial charge in [0.05, 0.1) is 11.4 Å². The van der Waals surface area contributed by atoms with Gasteiger partial charge in [0, 0.05) is 18.2 Å². The molecule has 0 aromatic heterocycles. The van der Waals surface area contributed by atoms with Crippen LogP contribution in [-0.4, -0.2) is 18.5 Å². The lowest BCUT2D eigenvalue weighted by atomic mass is 9.92. The molecule has 4 heteroatoms. The number of nitrogens with two attached hydrogens (primary N) is 2. The second-order valence-electron chi connectivity index (χ2n) is 5.31. The Morgan fingerprint density at radius 1 is 1.39 bits per heavy atom. The highest BCUT2D eigenvalue weighted by Crippen LogP contribution is 2.32. The van der Waals surface area contributed by atoms with Gasteiger partial charge in [0.15, 0.2) is 0 Å². The summed E-state index contributed by atoms with van der Waals surface area (Å²) in [5.74, 6) is 0.339. The highest BCUT2D eigenvalue weighted by atomic mass is 16.1. The lowest BCUT2D eigenvalue weighted by molar-refractivity contribution is 0.100. The first-order valence-corrected chi connectivity index (χ1v) is 6.45. The molecule has 1 aliphatic rings. The van der Waals surface area contributed by atoms with Crippen molar-refractivity contribution in [1.29, 1.82) is 0 Å². The van der Waals surface area contributed by atoms with Gasteiger partial charge in [-0.2, -0.15) is 0 Å². The molecule has 4 nitrogen and oxygen atoms in total. The molecule has 1 aromatic rings. The number of carbonyl (C=O) groups excluding carboxylic acids is 1. The fourth-order valence-corrected chi connectivity index (χ4v) is 2.71. The molecule has 0 radical (unpaired) electrons. The summed E-state index contributed by atoms with van der Waals surface area (Å²) in [5.41, 5.74) is 13.5. The largest absolute Gasteiger partial charge is 0.397 e. The summed E-state index contributed by atoms with van der Waals surface area (Å²) >= 11 is 0. The van der Waals surface area contributed by atoms with E-state index in [-0.39, 0.29) is 0 Å². The van der Waals surface area contributed by atoms with Gasteiger partial charge in [0.25, 0.3) is 0 Å². The van der Waals surface area contributed by atoms with Crippen molar-refractivity contribution in [1.82, 2.24) is 0 Å². The Labute approximate surface area is 108 Å². The van der Waals surface area contributed by atoms with Crippen LogP contribution in [0.3, 0.4) is 0 Å². The number of benzene rings is 1. The van der Waals surface area contributed by atoms with Gasteiger partial charge >= 0.3 is 0 Å². The normalized spacial score (nSPS) is 24.0. The second-order valence-corrected chi connectivity index (χ2v) is 5.31. The Morgan fingerprint density at radius 2 is 2.11 bits per heavy atom. The Morgan fingerprint density at radius 3 is 2.72 bits per heavy atom. The average Bonchev–Trinajstić information content (AvgIpc) is 2.30. The molecular formula is C14H21N3O. The van der Waals surface area contributed by atoms with Crippen LogP contribution >= 0.6 is 0 Å². The highest BCUT2D eigenvalue weighted by Gasteiger charge is 2.24. The van der Waals surface area contributed by atoms with E-state index in [9.17, 15) is 4.79 Å². The van der Waals surface area contributed by atoms with Crippen molar-refractivity contribution >= 4 is 17.3 Å². The average molecular weight is 247 g/mol. The topological polar surface area (TPSA) is 72.3 Å². The zero-order valence-electron chi connectivity index (χ0n) is 11.0. The predicted molar refractivity (Wildman–Crippen MR) is 74.6 cm³/mol. The summed E-state index contributed by atoms with van der Waals surface area (Å²) in [5, 5.41) is 0. The third-order valence-electron chi connectivity index (χ3n) is 3.76. The molecule has 2 atom stereocenters. The minimum atomic E-state index is -0.408. The molecule has 0 spiro atoms. The van der Waals surface area contributed by atoms with Gasteiger partial charge in [-0.3, -0.25) is 4.79 Å². The van der Waals surface area contributed by atoms with Gasteiger partial charge in [-0.15, -0.1) is 0 Å². The summed E-state index contributed by atoms with van der Waals surface area (Å²) in [6, 6.07) is 5.70. The van der Waals surface area contributed by atoms with Crippen LogP contribution < -0.4 is 16.4 Å². The molecule has 1 fully saturated rings. The number of primary amides is 1. The number of amides is 1. The molecule has 4 N–H and O–H groups in total. The van der Waals surface area contributed by atoms with Gasteiger partial charge in [-0.05, 0) is 43.9 Å². The maximum atomic E-state index is 11.2. The lowest BCUT2D eigenvalue weighted by Gasteiger charge is -2.39. The number of anilines is 2. The molecule has 1 heterocycles. The van der Waals surface area contributed by atoms with E-state index in [0.717, 1.165) is 31.0 Å². The summed E-state index contributed by atoms with van der Waals surface area (Å²) in [7, 11) is 0. The van der Waals surface area contributed by atoms with Crippen LogP contribution in [0.1, 0.15) is 37.0 Å². The van der Waals surface area contributed by atoms with E-state index in [2.05, 4.69) is 18.7 Å². The van der Waals surface area contributed by atoms with Crippen molar-refractivity contribution in [3.05, 3.63) is 23.8 Å². The van der Waals surface area contributed by atoms with Crippen molar-refractivity contribution in [3.8, 4) is 0 Å². The fraction of sp³-hybridized carbons (Fsp3) is 0.500. The summed E-state index contributed by atoms with van der Waals surface area (Å²) in [6.45, 7) is 5.46. The van der Waals surface area contributed by atoms with Crippen molar-refractivity contribution in [2.75, 3.05) is 17.2 Å². The molecule has 1 aromatic carbocycles. The number of piperidine rings is 1. The third-order valence-corrected chi connectivity index (χ3v) is 3.76. The minimum absolute atomic E-state index is 0.408. The highest BCUT2D eigenvalue weighted by molar-refractivity contribution is 5.95. The van der Waals surface area contributed by atoms with Crippen molar-refractivity contribution in [2.24, 2.45) is 11.7 Å². The van der Waals surface area contributed by atoms with E-state index in [1.807, 2.05) is 6.07 Å². The van der Waals surface area contributed by atoms with Gasteiger partial charge in [0.1, 0.15) is 0 Å². The number of carbonyl (C=O) groups is 1. The van der Waals surface area contributed by atoms with E-state index in [1.54, 1.807) is 12.1 Å². The molecule has 0 bridgehead atoms. The lowest BCUT2D eigenvalue weighted by Crippen LogP contribution is -2.40. The van der Waals surface area contributed by atoms with Crippen molar-refractivity contribution in [3.63, 3.8) is 0 Å². The molecule has 2 unspecified atom stereocenters. The third kappa shape index (κ3) is 2.42. The Kier molecular flexibility index (Phi) is 3.45. The number of hydrogen-bond acceptors (Lipinski definition) is 3. The van der Waals surface area contributed by atoms with Crippen LogP contribution in [0.4, 0.5) is 11.4 Å². The number of rotatable bonds is 2. The van der Waals surface area contributed by atoms with Gasteiger partial charge < -0.3 is 16.4 Å². The summed E-state index contributed by atoms with van der Waals surface area (Å²) < 4.78 is 0. The maximum Gasteiger partial charge on any atom is 0.248 e. The molecule has 18 heavy (non-hydrogen) atoms. The second kappa shape index (κ2) is 4.88. The summed E-state index contributed by atoms with van der Waals surface area (Å²) in [6.07, 6.45) is 2.31. The molecule has 1 amide bonds. The van der Waals surface area contributed by atoms with Crippen LogP contribution in [-0.2, 0) is 0 Å². The van der Waals surface area contributed by atoms with Crippen LogP contribution in [0.15, 0.2) is 18.2 Å². The fourth-order valence-electron chi connectivity index (χ4n) is 2.71. The number of hydrogen-bond donors (Lipinski definition) is 2. The minimum Gasteiger partial charge on any atom is -0.397 e. The van der Waals surface area contributed by atoms with Gasteiger partial charge in [-0.1, -0.05) is 6.92 Å². The zero-order chi connectivity index (χ0) is 13.3. The Bertz CT molecular complexity index is 458. The van der Waals surface area contributed by atoms with Crippen LogP contribution in [0, 0.1) is 5.92 Å². The molecule has 0 aliphatic carbocycles. The summed E-state index contributed by atoms with van der Waals surface area (Å²) in [4.78, 5) is 13.5. The van der Waals surface area contributed by atoms with E-state index in [0.29, 0.717) is 17.3 Å². The van der Waals surface area contributed by atoms with E-state index < -0.39 is 5.91 Å². The monoisotopic (exact) mass is 247 g/mol. The molecule has 1 saturated heterocycles. The SMILES string of the molecule is CC1CCN(c2cc(C(N)=O)ccc2N)C(C)C1. The van der Waals surface area contributed by atoms with Crippen molar-refractivity contribution in [2.45, 2.75) is 32.7 Å². The van der Waals surface area contributed by atoms with Crippen molar-refractivity contribution < 1.29 is 4.79 Å². The smallest absolute Gasteiger partial charge is 0.248 e. The Balaban J connectivity index is 2.32. The number of nitrogen functional groups attached to an aromatic ring is 1. The first-order valence-electron chi connectivity index (χ1n) is 6.45. The van der Waals surface area contributed by atoms with Crippen LogP contribution in [0.25, 0.3) is 0 Å². The van der Waals surface area contributed by atoms with Crippen LogP contribution in [0.5, 0.6) is 0 Å². The molecular weight excluding hydrogens is 226 g/mol. The molecule has 0 saturated carbocycles. The molecule has 98 valence electrons. The maximum absolute atomic E-state index is 11.2. The zero-order valence-corrected chi connectivity index (χ0v) is 11.0. The standard InChI is InChI=1S/C14H21N3O/c1-9-5-6-17(10(2)7-9)13-8-11(14(16)18)3-4-12(13)15/h3-4,8-10H,5-7,15H2,1-2H3,(H2,16,18). The Hall–Kier alpha value is -1.71. The predicted octanol–water partition coefficient (Wildman–Crippen LogP) is 1.99. The van der Waals surface area contributed by atoms with Gasteiger partial charge in [-0.25, -0.2) is 0 Å². The number of nitrogens with zero attached hydrogens (tertiary/aromatic N) is 1. The van der Waals surface area contributed by atoms with E-state index in [1.165, 1.54) is 0 Å².